The number of hydrogen-bond donors (Lipinski definition) is 4. The molecule has 2 aromatic rings. The molecule has 0 amide bonds. The smallest absolute Gasteiger partial charge is 0.167 e. The number of nitrogens with zero attached hydrogens (tertiary/aromatic N) is 4. The van der Waals surface area contributed by atoms with E-state index in [-0.39, 0.29) is 6.61 Å². The second-order valence-electron chi connectivity index (χ2n) is 8.33. The average molecular weight is 389 g/mol. The fourth-order valence-electron chi connectivity index (χ4n) is 4.63. The minimum absolute atomic E-state index is 0.367. The first-order valence-electron chi connectivity index (χ1n) is 10.2. The van der Waals surface area contributed by atoms with Crippen LogP contribution < -0.4 is 5.32 Å². The third kappa shape index (κ3) is 2.88. The van der Waals surface area contributed by atoms with Crippen LogP contribution in [-0.4, -0.2) is 65.8 Å². The van der Waals surface area contributed by atoms with Gasteiger partial charge in [0.15, 0.2) is 23.2 Å². The summed E-state index contributed by atoms with van der Waals surface area (Å²) in [4.78, 5) is 13.3. The van der Waals surface area contributed by atoms with Crippen LogP contribution >= 0.6 is 0 Å². The number of hydrogen-bond acceptors (Lipinski definition) is 8. The van der Waals surface area contributed by atoms with Gasteiger partial charge in [-0.25, -0.2) is 15.0 Å². The topological polar surface area (TPSA) is 126 Å². The molecule has 9 heteroatoms. The first-order valence-corrected chi connectivity index (χ1v) is 10.2. The molecule has 2 saturated carbocycles. The monoisotopic (exact) mass is 389 g/mol. The van der Waals surface area contributed by atoms with Gasteiger partial charge in [0.05, 0.1) is 12.9 Å². The van der Waals surface area contributed by atoms with E-state index in [0.717, 1.165) is 0 Å². The van der Waals surface area contributed by atoms with Gasteiger partial charge in [0.2, 0.25) is 0 Å². The van der Waals surface area contributed by atoms with Crippen molar-refractivity contribution in [1.82, 2.24) is 19.5 Å². The van der Waals surface area contributed by atoms with E-state index in [9.17, 15) is 15.3 Å². The molecule has 2 aliphatic carbocycles. The predicted octanol–water partition coefficient (Wildman–Crippen LogP) is 0.818. The number of ether oxygens (including phenoxy) is 1. The van der Waals surface area contributed by atoms with E-state index in [0.29, 0.717) is 34.9 Å². The van der Waals surface area contributed by atoms with Crippen molar-refractivity contribution in [2.24, 2.45) is 11.8 Å². The number of anilines is 1. The van der Waals surface area contributed by atoms with Gasteiger partial charge in [0.1, 0.15) is 24.6 Å². The van der Waals surface area contributed by atoms with Gasteiger partial charge in [-0.2, -0.15) is 0 Å². The lowest BCUT2D eigenvalue weighted by molar-refractivity contribution is -0.0511. The van der Waals surface area contributed by atoms with Crippen molar-refractivity contribution in [2.45, 2.75) is 69.1 Å². The number of imidazole rings is 1. The van der Waals surface area contributed by atoms with Crippen molar-refractivity contribution >= 4 is 17.0 Å². The molecule has 1 saturated heterocycles. The van der Waals surface area contributed by atoms with Crippen LogP contribution in [0, 0.1) is 11.8 Å². The van der Waals surface area contributed by atoms with E-state index >= 15 is 0 Å². The summed E-state index contributed by atoms with van der Waals surface area (Å²) in [5.74, 6) is 2.09. The van der Waals surface area contributed by atoms with Gasteiger partial charge in [-0.05, 0) is 37.5 Å². The molecule has 28 heavy (non-hydrogen) atoms. The maximum absolute atomic E-state index is 10.3. The van der Waals surface area contributed by atoms with Crippen molar-refractivity contribution in [2.75, 3.05) is 11.9 Å². The van der Waals surface area contributed by atoms with Crippen LogP contribution in [0.5, 0.6) is 0 Å². The number of rotatable bonds is 6. The van der Waals surface area contributed by atoms with Crippen LogP contribution in [0.2, 0.25) is 0 Å². The first kappa shape index (κ1) is 18.2. The predicted molar refractivity (Wildman–Crippen MR) is 100 cm³/mol. The van der Waals surface area contributed by atoms with Gasteiger partial charge in [0.25, 0.3) is 0 Å². The highest BCUT2D eigenvalue weighted by Gasteiger charge is 2.44. The van der Waals surface area contributed by atoms with Gasteiger partial charge >= 0.3 is 0 Å². The molecule has 3 aliphatic rings. The third-order valence-electron chi connectivity index (χ3n) is 6.77. The number of aliphatic hydroxyl groups excluding tert-OH is 3. The molecule has 0 bridgehead atoms. The summed E-state index contributed by atoms with van der Waals surface area (Å²) in [5.41, 5.74) is 1.16. The molecule has 4 atom stereocenters. The fraction of sp³-hybridized carbons (Fsp3) is 0.737. The Bertz CT molecular complexity index is 823. The van der Waals surface area contributed by atoms with Gasteiger partial charge in [-0.3, -0.25) is 4.57 Å². The SMILES string of the molecule is OC[C@H]1O[C@@H](n2cnc3c(NC(C4CCC4)C4CCC4)ncnc32)[C@H](O)[C@@H]1O. The Morgan fingerprint density at radius 1 is 1.07 bits per heavy atom. The Balaban J connectivity index is 1.44. The molecule has 4 N–H and O–H groups in total. The fourth-order valence-corrected chi connectivity index (χ4v) is 4.63. The molecular formula is C19H27N5O4. The van der Waals surface area contributed by atoms with Crippen molar-refractivity contribution < 1.29 is 20.1 Å². The Kier molecular flexibility index (Phi) is 4.70. The molecule has 0 unspecified atom stereocenters. The molecule has 0 aromatic carbocycles. The minimum Gasteiger partial charge on any atom is -0.394 e. The summed E-state index contributed by atoms with van der Waals surface area (Å²) in [6, 6.07) is 0.416. The van der Waals surface area contributed by atoms with Crippen LogP contribution in [0.3, 0.4) is 0 Å². The van der Waals surface area contributed by atoms with Crippen LogP contribution in [0.15, 0.2) is 12.7 Å². The molecule has 0 radical (unpaired) electrons. The molecule has 152 valence electrons. The maximum Gasteiger partial charge on any atom is 0.167 e. The van der Waals surface area contributed by atoms with Crippen molar-refractivity contribution in [3.05, 3.63) is 12.7 Å². The summed E-state index contributed by atoms with van der Waals surface area (Å²) in [6.07, 6.45) is 6.68. The van der Waals surface area contributed by atoms with E-state index in [4.69, 9.17) is 4.74 Å². The molecule has 1 aliphatic heterocycles. The molecule has 2 aromatic heterocycles. The maximum atomic E-state index is 10.3. The van der Waals surface area contributed by atoms with Crippen LogP contribution in [0.1, 0.15) is 44.8 Å². The molecule has 5 rings (SSSR count). The lowest BCUT2D eigenvalue weighted by Crippen LogP contribution is -2.42. The van der Waals surface area contributed by atoms with Crippen LogP contribution in [-0.2, 0) is 4.74 Å². The van der Waals surface area contributed by atoms with E-state index in [1.54, 1.807) is 10.9 Å². The molecule has 3 fully saturated rings. The molecule has 3 heterocycles. The number of aliphatic hydroxyl groups is 3. The minimum atomic E-state index is -1.17. The lowest BCUT2D eigenvalue weighted by atomic mass is 9.68. The van der Waals surface area contributed by atoms with Gasteiger partial charge in [-0.1, -0.05) is 12.8 Å². The largest absolute Gasteiger partial charge is 0.394 e. The Labute approximate surface area is 162 Å². The van der Waals surface area contributed by atoms with Crippen LogP contribution in [0.4, 0.5) is 5.82 Å². The average Bonchev–Trinajstić information content (AvgIpc) is 3.14. The number of aromatic nitrogens is 4. The van der Waals surface area contributed by atoms with E-state index < -0.39 is 24.5 Å². The normalized spacial score (nSPS) is 31.3. The highest BCUT2D eigenvalue weighted by Crippen LogP contribution is 2.42. The quantitative estimate of drug-likeness (QED) is 0.572. The zero-order valence-corrected chi connectivity index (χ0v) is 15.7. The second kappa shape index (κ2) is 7.22. The highest BCUT2D eigenvalue weighted by atomic mass is 16.6. The van der Waals surface area contributed by atoms with Gasteiger partial charge < -0.3 is 25.4 Å². The van der Waals surface area contributed by atoms with E-state index in [1.165, 1.54) is 44.9 Å². The summed E-state index contributed by atoms with van der Waals surface area (Å²) >= 11 is 0. The van der Waals surface area contributed by atoms with Gasteiger partial charge in [0, 0.05) is 6.04 Å². The van der Waals surface area contributed by atoms with Crippen molar-refractivity contribution in [3.63, 3.8) is 0 Å². The molecular weight excluding hydrogens is 362 g/mol. The second-order valence-corrected chi connectivity index (χ2v) is 8.33. The summed E-state index contributed by atoms with van der Waals surface area (Å²) in [6.45, 7) is -0.367. The van der Waals surface area contributed by atoms with E-state index in [2.05, 4.69) is 20.3 Å². The third-order valence-corrected chi connectivity index (χ3v) is 6.77. The Hall–Kier alpha value is -1.81. The molecule has 0 spiro atoms. The standard InChI is InChI=1S/C19H27N5O4/c25-7-12-15(26)16(27)19(28-12)24-9-22-14-17(20-8-21-18(14)24)23-13(10-3-1-4-10)11-5-2-6-11/h8-13,15-16,19,25-27H,1-7H2,(H,20,21,23)/t12-,15-,16-,19-/m1/s1. The highest BCUT2D eigenvalue weighted by molar-refractivity contribution is 5.82. The zero-order chi connectivity index (χ0) is 19.3. The number of fused-ring (bicyclic) bond motifs is 1. The van der Waals surface area contributed by atoms with Crippen LogP contribution in [0.25, 0.3) is 11.2 Å². The van der Waals surface area contributed by atoms with E-state index in [1.807, 2.05) is 0 Å². The van der Waals surface area contributed by atoms with Gasteiger partial charge in [-0.15, -0.1) is 0 Å². The Morgan fingerprint density at radius 3 is 2.36 bits per heavy atom. The number of nitrogens with one attached hydrogen (secondary N) is 1. The summed E-state index contributed by atoms with van der Waals surface area (Å²) in [5, 5.41) is 33.4. The summed E-state index contributed by atoms with van der Waals surface area (Å²) < 4.78 is 7.23. The van der Waals surface area contributed by atoms with Crippen molar-refractivity contribution in [3.8, 4) is 0 Å². The molecule has 9 nitrogen and oxygen atoms in total. The lowest BCUT2D eigenvalue weighted by Gasteiger charge is -2.43. The summed E-state index contributed by atoms with van der Waals surface area (Å²) in [7, 11) is 0. The van der Waals surface area contributed by atoms with Crippen molar-refractivity contribution in [1.29, 1.82) is 0 Å². The zero-order valence-electron chi connectivity index (χ0n) is 15.7. The first-order chi connectivity index (χ1) is 13.7. The Morgan fingerprint density at radius 2 is 1.79 bits per heavy atom.